The van der Waals surface area contributed by atoms with Crippen LogP contribution in [0.4, 0.5) is 10.1 Å². The molecule has 0 N–H and O–H groups in total. The zero-order valence-corrected chi connectivity index (χ0v) is 21.7. The van der Waals surface area contributed by atoms with Crippen LogP contribution in [0.2, 0.25) is 0 Å². The van der Waals surface area contributed by atoms with Crippen LogP contribution in [0.5, 0.6) is 5.75 Å². The largest absolute Gasteiger partial charge is 0.497 e. The lowest BCUT2D eigenvalue weighted by atomic mass is 10.1. The molecule has 0 unspecified atom stereocenters. The van der Waals surface area contributed by atoms with Gasteiger partial charge in [0.25, 0.3) is 5.91 Å². The quantitative estimate of drug-likeness (QED) is 0.513. The summed E-state index contributed by atoms with van der Waals surface area (Å²) in [5, 5.41) is 4.06. The first-order chi connectivity index (χ1) is 17.8. The highest BCUT2D eigenvalue weighted by molar-refractivity contribution is 5.94. The molecule has 1 aliphatic rings. The number of methoxy groups -OCH3 is 1. The Kier molecular flexibility index (Phi) is 8.23. The highest BCUT2D eigenvalue weighted by Crippen LogP contribution is 2.28. The predicted octanol–water partition coefficient (Wildman–Crippen LogP) is 4.60. The molecule has 0 saturated carbocycles. The first kappa shape index (κ1) is 26.3. The Bertz CT molecular complexity index is 1260. The third-order valence-corrected chi connectivity index (χ3v) is 6.66. The Morgan fingerprint density at radius 1 is 1.05 bits per heavy atom. The lowest BCUT2D eigenvalue weighted by Crippen LogP contribution is -2.41. The maximum Gasteiger partial charge on any atom is 0.276 e. The van der Waals surface area contributed by atoms with Gasteiger partial charge in [-0.2, -0.15) is 0 Å². The summed E-state index contributed by atoms with van der Waals surface area (Å²) in [6.07, 6.45) is 0.731. The molecule has 2 amide bonds. The summed E-state index contributed by atoms with van der Waals surface area (Å²) in [4.78, 5) is 31.8. The highest BCUT2D eigenvalue weighted by atomic mass is 19.1. The van der Waals surface area contributed by atoms with E-state index in [-0.39, 0.29) is 30.1 Å². The summed E-state index contributed by atoms with van der Waals surface area (Å²) >= 11 is 0. The smallest absolute Gasteiger partial charge is 0.276 e. The Labute approximate surface area is 216 Å². The van der Waals surface area contributed by atoms with E-state index < -0.39 is 5.82 Å². The molecule has 2 heterocycles. The molecule has 1 aliphatic heterocycles. The number of carbonyl (C=O) groups is 2. The Hall–Kier alpha value is -3.72. The molecule has 1 aromatic heterocycles. The van der Waals surface area contributed by atoms with Gasteiger partial charge in [-0.15, -0.1) is 0 Å². The second-order valence-electron chi connectivity index (χ2n) is 9.46. The topological polar surface area (TPSA) is 79.1 Å². The fourth-order valence-corrected chi connectivity index (χ4v) is 4.59. The molecule has 4 rings (SSSR count). The van der Waals surface area contributed by atoms with Gasteiger partial charge in [0.15, 0.2) is 11.5 Å². The SMILES string of the molecule is COc1cccc(-c2cc(C(=O)N3CCN(C(C)C)CCCN(C(C)=O)c4cc(F)ccc4C3)no2)c1. The first-order valence-electron chi connectivity index (χ1n) is 12.5. The first-order valence-corrected chi connectivity index (χ1v) is 12.5. The fraction of sp³-hybridized carbons (Fsp3) is 0.393. The molecule has 0 radical (unpaired) electrons. The highest BCUT2D eigenvalue weighted by Gasteiger charge is 2.26. The summed E-state index contributed by atoms with van der Waals surface area (Å²) in [5.74, 6) is 0.224. The van der Waals surface area contributed by atoms with Crippen molar-refractivity contribution < 1.29 is 23.2 Å². The molecule has 3 aromatic rings. The third kappa shape index (κ3) is 6.17. The third-order valence-electron chi connectivity index (χ3n) is 6.66. The van der Waals surface area contributed by atoms with Crippen molar-refractivity contribution in [2.24, 2.45) is 0 Å². The maximum atomic E-state index is 14.3. The summed E-state index contributed by atoms with van der Waals surface area (Å²) in [6.45, 7) is 8.20. The van der Waals surface area contributed by atoms with E-state index in [1.165, 1.54) is 19.1 Å². The average Bonchev–Trinajstić information content (AvgIpc) is 3.36. The number of hydrogen-bond acceptors (Lipinski definition) is 6. The van der Waals surface area contributed by atoms with Crippen molar-refractivity contribution in [2.75, 3.05) is 38.2 Å². The number of nitrogens with zero attached hydrogens (tertiary/aromatic N) is 4. The van der Waals surface area contributed by atoms with Crippen LogP contribution in [0.3, 0.4) is 0 Å². The van der Waals surface area contributed by atoms with E-state index in [0.29, 0.717) is 42.4 Å². The van der Waals surface area contributed by atoms with E-state index in [4.69, 9.17) is 9.26 Å². The summed E-state index contributed by atoms with van der Waals surface area (Å²) in [7, 11) is 1.58. The number of rotatable bonds is 4. The van der Waals surface area contributed by atoms with Crippen LogP contribution in [0.15, 0.2) is 53.1 Å². The van der Waals surface area contributed by atoms with E-state index in [1.807, 2.05) is 24.3 Å². The molecule has 9 heteroatoms. The molecule has 196 valence electrons. The summed E-state index contributed by atoms with van der Waals surface area (Å²) in [5.41, 5.74) is 2.10. The maximum absolute atomic E-state index is 14.3. The van der Waals surface area contributed by atoms with Crippen LogP contribution >= 0.6 is 0 Å². The molecule has 8 nitrogen and oxygen atoms in total. The fourth-order valence-electron chi connectivity index (χ4n) is 4.59. The molecule has 0 atom stereocenters. The van der Waals surface area contributed by atoms with Crippen molar-refractivity contribution in [3.8, 4) is 17.1 Å². The van der Waals surface area contributed by atoms with Crippen molar-refractivity contribution in [2.45, 2.75) is 39.8 Å². The normalized spacial score (nSPS) is 15.3. The van der Waals surface area contributed by atoms with Crippen LogP contribution in [0, 0.1) is 5.82 Å². The predicted molar refractivity (Wildman–Crippen MR) is 139 cm³/mol. The van der Waals surface area contributed by atoms with Gasteiger partial charge in [0.05, 0.1) is 12.8 Å². The van der Waals surface area contributed by atoms with Gasteiger partial charge in [0, 0.05) is 57.3 Å². The molecule has 0 aliphatic carbocycles. The van der Waals surface area contributed by atoms with Crippen molar-refractivity contribution >= 4 is 17.5 Å². The monoisotopic (exact) mass is 508 g/mol. The number of hydrogen-bond donors (Lipinski definition) is 0. The Balaban J connectivity index is 1.68. The van der Waals surface area contributed by atoms with Crippen LogP contribution in [-0.2, 0) is 11.3 Å². The van der Waals surface area contributed by atoms with Crippen molar-refractivity contribution in [3.63, 3.8) is 0 Å². The zero-order valence-electron chi connectivity index (χ0n) is 21.7. The number of aromatic nitrogens is 1. The Morgan fingerprint density at radius 3 is 2.59 bits per heavy atom. The van der Waals surface area contributed by atoms with Crippen molar-refractivity contribution in [1.82, 2.24) is 15.0 Å². The lowest BCUT2D eigenvalue weighted by molar-refractivity contribution is -0.116. The summed E-state index contributed by atoms with van der Waals surface area (Å²) < 4.78 is 25.1. The van der Waals surface area contributed by atoms with Crippen molar-refractivity contribution in [3.05, 3.63) is 65.6 Å². The van der Waals surface area contributed by atoms with Gasteiger partial charge in [-0.3, -0.25) is 14.5 Å². The summed E-state index contributed by atoms with van der Waals surface area (Å²) in [6, 6.07) is 13.6. The van der Waals surface area contributed by atoms with Crippen LogP contribution in [-0.4, -0.2) is 66.1 Å². The van der Waals surface area contributed by atoms with E-state index in [1.54, 1.807) is 29.0 Å². The van der Waals surface area contributed by atoms with Gasteiger partial charge in [0.1, 0.15) is 11.6 Å². The molecule has 0 fully saturated rings. The van der Waals surface area contributed by atoms with Crippen LogP contribution < -0.4 is 9.64 Å². The Morgan fingerprint density at radius 2 is 1.86 bits per heavy atom. The minimum atomic E-state index is -0.430. The van der Waals surface area contributed by atoms with Gasteiger partial charge >= 0.3 is 0 Å². The van der Waals surface area contributed by atoms with Crippen LogP contribution in [0.25, 0.3) is 11.3 Å². The van der Waals surface area contributed by atoms with Crippen LogP contribution in [0.1, 0.15) is 43.2 Å². The number of fused-ring (bicyclic) bond motifs is 1. The van der Waals surface area contributed by atoms with Gasteiger partial charge in [-0.25, -0.2) is 4.39 Å². The lowest BCUT2D eigenvalue weighted by Gasteiger charge is -2.29. The number of ether oxygens (including phenoxy) is 1. The molecular weight excluding hydrogens is 475 g/mol. The number of benzene rings is 2. The van der Waals surface area contributed by atoms with E-state index in [2.05, 4.69) is 23.9 Å². The average molecular weight is 509 g/mol. The second kappa shape index (κ2) is 11.6. The molecule has 37 heavy (non-hydrogen) atoms. The standard InChI is InChI=1S/C28H33FN4O4/c1-19(2)31-11-6-12-33(20(3)34)26-16-23(29)10-9-22(26)18-32(14-13-31)28(35)25-17-27(37-30-25)21-7-5-8-24(15-21)36-4/h5,7-10,15-17,19H,6,11-14,18H2,1-4H3. The van der Waals surface area contributed by atoms with E-state index in [0.717, 1.165) is 18.5 Å². The molecular formula is C28H33FN4O4. The minimum Gasteiger partial charge on any atom is -0.497 e. The number of halogens is 1. The molecule has 0 spiro atoms. The van der Waals surface area contributed by atoms with Gasteiger partial charge < -0.3 is 19.1 Å². The number of carbonyl (C=O) groups excluding carboxylic acids is 2. The van der Waals surface area contributed by atoms with Gasteiger partial charge in [-0.1, -0.05) is 23.4 Å². The number of anilines is 1. The number of amides is 2. The van der Waals surface area contributed by atoms with E-state index in [9.17, 15) is 14.0 Å². The molecule has 0 saturated heterocycles. The minimum absolute atomic E-state index is 0.167. The van der Waals surface area contributed by atoms with Gasteiger partial charge in [0.2, 0.25) is 5.91 Å². The molecule has 0 bridgehead atoms. The van der Waals surface area contributed by atoms with Crippen molar-refractivity contribution in [1.29, 1.82) is 0 Å². The molecule has 2 aromatic carbocycles. The van der Waals surface area contributed by atoms with E-state index >= 15 is 0 Å². The zero-order chi connectivity index (χ0) is 26.5. The second-order valence-corrected chi connectivity index (χ2v) is 9.46. The van der Waals surface area contributed by atoms with Gasteiger partial charge in [-0.05, 0) is 50.1 Å².